The monoisotopic (exact) mass is 360 g/mol. The minimum atomic E-state index is 0.530. The smallest absolute Gasteiger partial charge is 0.206 e. The van der Waals surface area contributed by atoms with Crippen molar-refractivity contribution in [3.05, 3.63) is 83.3 Å². The van der Waals surface area contributed by atoms with Crippen LogP contribution < -0.4 is 4.80 Å². The summed E-state index contributed by atoms with van der Waals surface area (Å²) in [6, 6.07) is 13.8. The van der Waals surface area contributed by atoms with E-state index in [-0.39, 0.29) is 0 Å². The van der Waals surface area contributed by atoms with Gasteiger partial charge in [0.1, 0.15) is 11.3 Å². The minimum absolute atomic E-state index is 0.530. The van der Waals surface area contributed by atoms with Crippen molar-refractivity contribution in [3.8, 4) is 11.5 Å². The molecule has 0 unspecified atom stereocenters. The second kappa shape index (κ2) is 7.33. The van der Waals surface area contributed by atoms with Crippen molar-refractivity contribution >= 4 is 28.5 Å². The highest BCUT2D eigenvalue weighted by Gasteiger charge is 2.12. The van der Waals surface area contributed by atoms with Gasteiger partial charge >= 0.3 is 0 Å². The SMILES string of the molecule is C=CCN=c1scc(-c2cc3ccccc3o2)n1N=Cc1cccnc1. The predicted molar refractivity (Wildman–Crippen MR) is 105 cm³/mol. The summed E-state index contributed by atoms with van der Waals surface area (Å²) in [4.78, 5) is 9.42. The quantitative estimate of drug-likeness (QED) is 0.393. The zero-order valence-electron chi connectivity index (χ0n) is 13.9. The van der Waals surface area contributed by atoms with Crippen LogP contribution in [0.3, 0.4) is 0 Å². The first-order chi connectivity index (χ1) is 12.8. The van der Waals surface area contributed by atoms with Crippen LogP contribution in [0.2, 0.25) is 0 Å². The van der Waals surface area contributed by atoms with Crippen molar-refractivity contribution in [3.63, 3.8) is 0 Å². The Kier molecular flexibility index (Phi) is 4.57. The molecule has 26 heavy (non-hydrogen) atoms. The van der Waals surface area contributed by atoms with Gasteiger partial charge in [0.05, 0.1) is 12.8 Å². The lowest BCUT2D eigenvalue weighted by Crippen LogP contribution is -2.12. The van der Waals surface area contributed by atoms with E-state index in [1.807, 2.05) is 47.8 Å². The molecule has 0 aliphatic rings. The minimum Gasteiger partial charge on any atom is -0.454 e. The van der Waals surface area contributed by atoms with Crippen LogP contribution in [0, 0.1) is 0 Å². The van der Waals surface area contributed by atoms with Crippen LogP contribution in [0.15, 0.2) is 87.4 Å². The van der Waals surface area contributed by atoms with Crippen LogP contribution >= 0.6 is 11.3 Å². The van der Waals surface area contributed by atoms with Crippen molar-refractivity contribution in [2.45, 2.75) is 0 Å². The number of hydrogen-bond acceptors (Lipinski definition) is 5. The number of hydrogen-bond donors (Lipinski definition) is 0. The number of fused-ring (bicyclic) bond motifs is 1. The molecule has 0 spiro atoms. The molecule has 0 saturated carbocycles. The van der Waals surface area contributed by atoms with E-state index >= 15 is 0 Å². The van der Waals surface area contributed by atoms with Crippen molar-refractivity contribution in [2.75, 3.05) is 6.54 Å². The molecule has 0 fully saturated rings. The molecule has 0 N–H and O–H groups in total. The van der Waals surface area contributed by atoms with Crippen LogP contribution in [0.25, 0.3) is 22.4 Å². The van der Waals surface area contributed by atoms with Gasteiger partial charge in [0.2, 0.25) is 4.80 Å². The molecule has 5 nitrogen and oxygen atoms in total. The van der Waals surface area contributed by atoms with Gasteiger partial charge in [-0.05, 0) is 18.2 Å². The summed E-state index contributed by atoms with van der Waals surface area (Å²) in [6.07, 6.45) is 7.02. The number of pyridine rings is 1. The van der Waals surface area contributed by atoms with E-state index in [4.69, 9.17) is 4.42 Å². The van der Waals surface area contributed by atoms with E-state index in [1.54, 1.807) is 29.4 Å². The largest absolute Gasteiger partial charge is 0.454 e. The lowest BCUT2D eigenvalue weighted by molar-refractivity contribution is 0.621. The molecule has 1 aromatic carbocycles. The van der Waals surface area contributed by atoms with Gasteiger partial charge in [-0.3, -0.25) is 9.98 Å². The lowest BCUT2D eigenvalue weighted by atomic mass is 10.2. The summed E-state index contributed by atoms with van der Waals surface area (Å²) < 4.78 is 7.79. The van der Waals surface area contributed by atoms with Crippen LogP contribution in [-0.4, -0.2) is 22.4 Å². The van der Waals surface area contributed by atoms with E-state index < -0.39 is 0 Å². The zero-order chi connectivity index (χ0) is 17.8. The molecule has 0 aliphatic carbocycles. The number of nitrogens with zero attached hydrogens (tertiary/aromatic N) is 4. The molecule has 0 amide bonds. The molecule has 0 aliphatic heterocycles. The molecule has 0 bridgehead atoms. The average Bonchev–Trinajstić information content (AvgIpc) is 3.29. The van der Waals surface area contributed by atoms with E-state index in [9.17, 15) is 0 Å². The first kappa shape index (κ1) is 16.2. The molecule has 6 heteroatoms. The van der Waals surface area contributed by atoms with Crippen LogP contribution in [0.5, 0.6) is 0 Å². The van der Waals surface area contributed by atoms with Gasteiger partial charge in [-0.2, -0.15) is 5.10 Å². The normalized spacial score (nSPS) is 12.2. The van der Waals surface area contributed by atoms with Gasteiger partial charge in [0.15, 0.2) is 5.76 Å². The molecule has 4 aromatic rings. The number of furan rings is 1. The molecule has 0 saturated heterocycles. The standard InChI is InChI=1S/C20H16N4OS/c1-2-9-22-20-24(23-13-15-6-5-10-21-12-15)17(14-26-20)19-11-16-7-3-4-8-18(16)25-19/h2-8,10-14H,1,9H2. The average molecular weight is 360 g/mol. The van der Waals surface area contributed by atoms with Gasteiger partial charge in [-0.15, -0.1) is 17.9 Å². The Morgan fingerprint density at radius 3 is 2.96 bits per heavy atom. The zero-order valence-corrected chi connectivity index (χ0v) is 14.8. The maximum Gasteiger partial charge on any atom is 0.206 e. The topological polar surface area (TPSA) is 55.7 Å². The predicted octanol–water partition coefficient (Wildman–Crippen LogP) is 4.33. The lowest BCUT2D eigenvalue weighted by Gasteiger charge is -2.00. The van der Waals surface area contributed by atoms with Crippen molar-refractivity contribution in [1.29, 1.82) is 0 Å². The molecule has 0 atom stereocenters. The van der Waals surface area contributed by atoms with Gasteiger partial charge in [-0.1, -0.05) is 30.3 Å². The Morgan fingerprint density at radius 1 is 1.23 bits per heavy atom. The fourth-order valence-corrected chi connectivity index (χ4v) is 3.34. The number of benzene rings is 1. The maximum atomic E-state index is 6.00. The number of rotatable bonds is 5. The van der Waals surface area contributed by atoms with Gasteiger partial charge in [0, 0.05) is 28.7 Å². The van der Waals surface area contributed by atoms with Crippen LogP contribution in [0.1, 0.15) is 5.56 Å². The molecule has 3 aromatic heterocycles. The summed E-state index contributed by atoms with van der Waals surface area (Å²) in [5.41, 5.74) is 2.62. The number of para-hydroxylation sites is 1. The van der Waals surface area contributed by atoms with Gasteiger partial charge in [-0.25, -0.2) is 4.68 Å². The first-order valence-electron chi connectivity index (χ1n) is 8.10. The van der Waals surface area contributed by atoms with E-state index in [0.717, 1.165) is 32.8 Å². The Morgan fingerprint density at radius 2 is 2.15 bits per heavy atom. The highest BCUT2D eigenvalue weighted by molar-refractivity contribution is 7.07. The molecular weight excluding hydrogens is 344 g/mol. The third kappa shape index (κ3) is 3.27. The third-order valence-electron chi connectivity index (χ3n) is 3.73. The highest BCUT2D eigenvalue weighted by atomic mass is 32.1. The molecular formula is C20H16N4OS. The highest BCUT2D eigenvalue weighted by Crippen LogP contribution is 2.28. The Balaban J connectivity index is 1.83. The summed E-state index contributed by atoms with van der Waals surface area (Å²) in [7, 11) is 0. The third-order valence-corrected chi connectivity index (χ3v) is 4.58. The molecule has 3 heterocycles. The van der Waals surface area contributed by atoms with E-state index in [1.165, 1.54) is 11.3 Å². The van der Waals surface area contributed by atoms with E-state index in [0.29, 0.717) is 6.54 Å². The molecule has 128 valence electrons. The Hall–Kier alpha value is -3.25. The fourth-order valence-electron chi connectivity index (χ4n) is 2.52. The van der Waals surface area contributed by atoms with E-state index in [2.05, 4.69) is 21.7 Å². The Labute approximate surface area is 154 Å². The second-order valence-electron chi connectivity index (χ2n) is 5.52. The van der Waals surface area contributed by atoms with Gasteiger partial charge in [0.25, 0.3) is 0 Å². The number of thiazole rings is 1. The fraction of sp³-hybridized carbons (Fsp3) is 0.0500. The number of aromatic nitrogens is 2. The van der Waals surface area contributed by atoms with Crippen LogP contribution in [0.4, 0.5) is 0 Å². The van der Waals surface area contributed by atoms with Crippen molar-refractivity contribution < 1.29 is 4.42 Å². The first-order valence-corrected chi connectivity index (χ1v) is 8.98. The van der Waals surface area contributed by atoms with Crippen molar-refractivity contribution in [2.24, 2.45) is 10.1 Å². The Bertz CT molecular complexity index is 1100. The van der Waals surface area contributed by atoms with Crippen molar-refractivity contribution in [1.82, 2.24) is 9.66 Å². The summed E-state index contributed by atoms with van der Waals surface area (Å²) in [6.45, 7) is 4.26. The molecule has 0 radical (unpaired) electrons. The van der Waals surface area contributed by atoms with Crippen LogP contribution in [-0.2, 0) is 0 Å². The second-order valence-corrected chi connectivity index (χ2v) is 6.36. The molecule has 4 rings (SSSR count). The summed E-state index contributed by atoms with van der Waals surface area (Å²) in [5.74, 6) is 0.755. The summed E-state index contributed by atoms with van der Waals surface area (Å²) >= 11 is 1.52. The summed E-state index contributed by atoms with van der Waals surface area (Å²) in [5, 5.41) is 7.67. The maximum absolute atomic E-state index is 6.00. The van der Waals surface area contributed by atoms with Gasteiger partial charge < -0.3 is 4.42 Å².